The highest BCUT2D eigenvalue weighted by atomic mass is 19.1. The fourth-order valence-corrected chi connectivity index (χ4v) is 3.66. The summed E-state index contributed by atoms with van der Waals surface area (Å²) in [6.07, 6.45) is 1.03. The first-order valence-electron chi connectivity index (χ1n) is 9.18. The van der Waals surface area contributed by atoms with Gasteiger partial charge in [0.05, 0.1) is 27.4 Å². The molecule has 27 heavy (non-hydrogen) atoms. The van der Waals surface area contributed by atoms with E-state index in [1.807, 2.05) is 18.2 Å². The summed E-state index contributed by atoms with van der Waals surface area (Å²) in [5.74, 6) is 1.68. The fraction of sp³-hybridized carbons (Fsp3) is 0.429. The summed E-state index contributed by atoms with van der Waals surface area (Å²) < 4.78 is 30.6. The van der Waals surface area contributed by atoms with Crippen LogP contribution in [0.3, 0.4) is 0 Å². The first-order valence-corrected chi connectivity index (χ1v) is 9.18. The lowest BCUT2D eigenvalue weighted by molar-refractivity contribution is 0.234. The Morgan fingerprint density at radius 2 is 1.67 bits per heavy atom. The Morgan fingerprint density at radius 1 is 0.926 bits per heavy atom. The Bertz CT molecular complexity index is 761. The van der Waals surface area contributed by atoms with E-state index in [9.17, 15) is 4.39 Å². The van der Waals surface area contributed by atoms with E-state index in [1.54, 1.807) is 33.5 Å². The van der Waals surface area contributed by atoms with Gasteiger partial charge >= 0.3 is 0 Å². The van der Waals surface area contributed by atoms with E-state index < -0.39 is 0 Å². The van der Waals surface area contributed by atoms with Gasteiger partial charge in [-0.1, -0.05) is 12.1 Å². The van der Waals surface area contributed by atoms with Gasteiger partial charge in [-0.2, -0.15) is 0 Å². The van der Waals surface area contributed by atoms with Crippen LogP contribution in [0.4, 0.5) is 4.39 Å². The van der Waals surface area contributed by atoms with Crippen molar-refractivity contribution >= 4 is 0 Å². The normalized spacial score (nSPS) is 16.4. The monoisotopic (exact) mass is 374 g/mol. The van der Waals surface area contributed by atoms with Gasteiger partial charge in [0, 0.05) is 31.3 Å². The summed E-state index contributed by atoms with van der Waals surface area (Å²) in [6, 6.07) is 10.4. The Labute approximate surface area is 160 Å². The predicted molar refractivity (Wildman–Crippen MR) is 103 cm³/mol. The van der Waals surface area contributed by atoms with E-state index >= 15 is 0 Å². The summed E-state index contributed by atoms with van der Waals surface area (Å²) >= 11 is 0. The van der Waals surface area contributed by atoms with Crippen molar-refractivity contribution in [2.45, 2.75) is 12.5 Å². The minimum atomic E-state index is -0.245. The van der Waals surface area contributed by atoms with Gasteiger partial charge in [0.2, 0.25) is 0 Å². The molecule has 0 bridgehead atoms. The number of nitrogens with zero attached hydrogens (tertiary/aromatic N) is 1. The molecule has 1 aliphatic heterocycles. The summed E-state index contributed by atoms with van der Waals surface area (Å²) in [4.78, 5) is 2.36. The third-order valence-corrected chi connectivity index (χ3v) is 4.93. The number of methoxy groups -OCH3 is 3. The molecule has 5 nitrogen and oxygen atoms in total. The predicted octanol–water partition coefficient (Wildman–Crippen LogP) is 3.24. The molecular weight excluding hydrogens is 347 g/mol. The molecule has 1 aliphatic rings. The van der Waals surface area contributed by atoms with Gasteiger partial charge in [-0.15, -0.1) is 0 Å². The number of hydrogen-bond donors (Lipinski definition) is 1. The van der Waals surface area contributed by atoms with Gasteiger partial charge in [-0.25, -0.2) is 4.39 Å². The maximum Gasteiger partial charge on any atom is 0.164 e. The van der Waals surface area contributed by atoms with Gasteiger partial charge in [0.25, 0.3) is 0 Å². The van der Waals surface area contributed by atoms with Gasteiger partial charge in [0.15, 0.2) is 11.5 Å². The van der Waals surface area contributed by atoms with Gasteiger partial charge < -0.3 is 19.5 Å². The largest absolute Gasteiger partial charge is 0.496 e. The van der Waals surface area contributed by atoms with Crippen LogP contribution in [0.2, 0.25) is 0 Å². The van der Waals surface area contributed by atoms with Gasteiger partial charge in [0.1, 0.15) is 11.6 Å². The van der Waals surface area contributed by atoms with Crippen LogP contribution < -0.4 is 19.5 Å². The summed E-state index contributed by atoms with van der Waals surface area (Å²) in [7, 11) is 4.85. The first kappa shape index (κ1) is 19.5. The quantitative estimate of drug-likeness (QED) is 0.841. The SMILES string of the molecule is COc1cc(OC)c(C(c2cccc(F)c2)N2CCCNCC2)cc1OC. The van der Waals surface area contributed by atoms with Crippen LogP contribution in [-0.2, 0) is 0 Å². The van der Waals surface area contributed by atoms with Crippen molar-refractivity contribution in [3.63, 3.8) is 0 Å². The molecule has 0 aliphatic carbocycles. The second kappa shape index (κ2) is 9.06. The minimum Gasteiger partial charge on any atom is -0.496 e. The molecule has 1 unspecified atom stereocenters. The highest BCUT2D eigenvalue weighted by Gasteiger charge is 2.28. The van der Waals surface area contributed by atoms with Crippen LogP contribution in [0, 0.1) is 5.82 Å². The highest BCUT2D eigenvalue weighted by molar-refractivity contribution is 5.53. The molecule has 0 aromatic heterocycles. The summed E-state index contributed by atoms with van der Waals surface area (Å²) in [5.41, 5.74) is 1.82. The molecule has 0 saturated carbocycles. The van der Waals surface area contributed by atoms with E-state index in [1.165, 1.54) is 6.07 Å². The lowest BCUT2D eigenvalue weighted by Gasteiger charge is -2.32. The van der Waals surface area contributed by atoms with Crippen LogP contribution in [-0.4, -0.2) is 52.4 Å². The maximum atomic E-state index is 14.0. The number of ether oxygens (including phenoxy) is 3. The molecule has 146 valence electrons. The molecule has 1 saturated heterocycles. The third-order valence-electron chi connectivity index (χ3n) is 4.93. The first-order chi connectivity index (χ1) is 13.2. The molecule has 0 spiro atoms. The molecular formula is C21H27FN2O3. The van der Waals surface area contributed by atoms with Crippen molar-refractivity contribution in [2.75, 3.05) is 47.5 Å². The molecule has 0 amide bonds. The van der Waals surface area contributed by atoms with E-state index in [0.29, 0.717) is 17.2 Å². The third kappa shape index (κ3) is 4.34. The molecule has 2 aromatic carbocycles. The Hall–Kier alpha value is -2.31. The average Bonchev–Trinajstić information content (AvgIpc) is 2.97. The topological polar surface area (TPSA) is 43.0 Å². The van der Waals surface area contributed by atoms with E-state index in [4.69, 9.17) is 14.2 Å². The summed E-state index contributed by atoms with van der Waals surface area (Å²) in [5, 5.41) is 3.42. The zero-order chi connectivity index (χ0) is 19.2. The van der Waals surface area contributed by atoms with Gasteiger partial charge in [-0.05, 0) is 36.7 Å². The molecule has 1 atom stereocenters. The van der Waals surface area contributed by atoms with Crippen LogP contribution in [0.5, 0.6) is 17.2 Å². The Balaban J connectivity index is 2.14. The van der Waals surface area contributed by atoms with Crippen LogP contribution in [0.25, 0.3) is 0 Å². The van der Waals surface area contributed by atoms with Crippen molar-refractivity contribution in [3.8, 4) is 17.2 Å². The smallest absolute Gasteiger partial charge is 0.164 e. The van der Waals surface area contributed by atoms with E-state index in [-0.39, 0.29) is 11.9 Å². The number of halogens is 1. The number of benzene rings is 2. The molecule has 2 aromatic rings. The zero-order valence-electron chi connectivity index (χ0n) is 16.1. The fourth-order valence-electron chi connectivity index (χ4n) is 3.66. The number of hydrogen-bond acceptors (Lipinski definition) is 5. The lowest BCUT2D eigenvalue weighted by atomic mass is 9.95. The van der Waals surface area contributed by atoms with Crippen LogP contribution >= 0.6 is 0 Å². The van der Waals surface area contributed by atoms with Crippen molar-refractivity contribution in [1.29, 1.82) is 0 Å². The molecule has 1 heterocycles. The lowest BCUT2D eigenvalue weighted by Crippen LogP contribution is -2.33. The van der Waals surface area contributed by atoms with Gasteiger partial charge in [-0.3, -0.25) is 4.90 Å². The number of rotatable bonds is 6. The molecule has 6 heteroatoms. The van der Waals surface area contributed by atoms with Crippen LogP contribution in [0.15, 0.2) is 36.4 Å². The minimum absolute atomic E-state index is 0.143. The van der Waals surface area contributed by atoms with Crippen molar-refractivity contribution < 1.29 is 18.6 Å². The summed E-state index contributed by atoms with van der Waals surface area (Å²) in [6.45, 7) is 3.64. The molecule has 1 fully saturated rings. The van der Waals surface area contributed by atoms with E-state index in [2.05, 4.69) is 10.2 Å². The second-order valence-electron chi connectivity index (χ2n) is 6.55. The van der Waals surface area contributed by atoms with Crippen LogP contribution in [0.1, 0.15) is 23.6 Å². The van der Waals surface area contributed by atoms with Crippen molar-refractivity contribution in [2.24, 2.45) is 0 Å². The molecule has 3 rings (SSSR count). The van der Waals surface area contributed by atoms with Crippen molar-refractivity contribution in [3.05, 3.63) is 53.3 Å². The molecule has 0 radical (unpaired) electrons. The standard InChI is InChI=1S/C21H27FN2O3/c1-25-18-14-20(27-3)19(26-2)13-17(18)21(15-6-4-7-16(22)12-15)24-10-5-8-23-9-11-24/h4,6-7,12-14,21,23H,5,8-11H2,1-3H3. The van der Waals surface area contributed by atoms with Crippen molar-refractivity contribution in [1.82, 2.24) is 10.2 Å². The Morgan fingerprint density at radius 3 is 2.37 bits per heavy atom. The zero-order valence-corrected chi connectivity index (χ0v) is 16.1. The second-order valence-corrected chi connectivity index (χ2v) is 6.55. The highest BCUT2D eigenvalue weighted by Crippen LogP contribution is 2.41. The molecule has 1 N–H and O–H groups in total. The van der Waals surface area contributed by atoms with E-state index in [0.717, 1.165) is 43.7 Å². The number of nitrogens with one attached hydrogen (secondary N) is 1. The average molecular weight is 374 g/mol. The maximum absolute atomic E-state index is 14.0. The Kier molecular flexibility index (Phi) is 6.53.